The summed E-state index contributed by atoms with van der Waals surface area (Å²) in [6.45, 7) is 4.42. The summed E-state index contributed by atoms with van der Waals surface area (Å²) < 4.78 is 7.32. The van der Waals surface area contributed by atoms with Gasteiger partial charge in [-0.3, -0.25) is 0 Å². The second-order valence-corrected chi connectivity index (χ2v) is 6.48. The molecule has 1 aliphatic rings. The van der Waals surface area contributed by atoms with Gasteiger partial charge in [0.05, 0.1) is 0 Å². The zero-order valence-corrected chi connectivity index (χ0v) is 13.2. The van der Waals surface area contributed by atoms with Crippen LogP contribution in [0.5, 0.6) is 5.75 Å². The fourth-order valence-electron chi connectivity index (χ4n) is 2.69. The maximum absolute atomic E-state index is 6.38. The lowest BCUT2D eigenvalue weighted by molar-refractivity contribution is -0.0462. The van der Waals surface area contributed by atoms with Crippen LogP contribution in [0.1, 0.15) is 33.1 Å². The highest BCUT2D eigenvalue weighted by Crippen LogP contribution is 2.51. The van der Waals surface area contributed by atoms with Crippen molar-refractivity contribution in [1.82, 2.24) is 0 Å². The molecule has 1 aromatic rings. The number of rotatable bonds is 4. The third-order valence-electron chi connectivity index (χ3n) is 4.09. The van der Waals surface area contributed by atoms with Crippen LogP contribution in [-0.4, -0.2) is 11.5 Å². The summed E-state index contributed by atoms with van der Waals surface area (Å²) >= 11 is 8.68. The van der Waals surface area contributed by atoms with Crippen LogP contribution in [0.15, 0.2) is 24.3 Å². The molecule has 94 valence electrons. The van der Waals surface area contributed by atoms with Crippen molar-refractivity contribution < 1.29 is 4.74 Å². The van der Waals surface area contributed by atoms with Gasteiger partial charge in [0.15, 0.2) is 0 Å². The van der Waals surface area contributed by atoms with E-state index in [1.807, 2.05) is 12.1 Å². The maximum Gasteiger partial charge on any atom is 0.119 e. The first-order valence-corrected chi connectivity index (χ1v) is 7.70. The van der Waals surface area contributed by atoms with Crippen molar-refractivity contribution in [1.29, 1.82) is 0 Å². The van der Waals surface area contributed by atoms with Gasteiger partial charge in [-0.1, -0.05) is 13.8 Å². The Hall–Kier alpha value is 0.0400. The lowest BCUT2D eigenvalue weighted by Gasteiger charge is -2.52. The minimum atomic E-state index is 0.171. The molecule has 1 saturated carbocycles. The molecule has 2 rings (SSSR count). The van der Waals surface area contributed by atoms with Crippen LogP contribution in [0.2, 0.25) is 0 Å². The maximum atomic E-state index is 6.38. The quantitative estimate of drug-likeness (QED) is 0.548. The first-order chi connectivity index (χ1) is 8.12. The normalized spacial score (nSPS) is 26.4. The number of hydrogen-bond acceptors (Lipinski definition) is 1. The molecule has 1 fully saturated rings. The summed E-state index contributed by atoms with van der Waals surface area (Å²) in [5.74, 6) is 0.963. The van der Waals surface area contributed by atoms with Crippen LogP contribution in [-0.2, 0) is 0 Å². The first-order valence-electron chi connectivity index (χ1n) is 6.18. The Balaban J connectivity index is 2.07. The highest BCUT2D eigenvalue weighted by Gasteiger charge is 2.53. The molecule has 1 aromatic carbocycles. The van der Waals surface area contributed by atoms with E-state index in [0.717, 1.165) is 25.0 Å². The Labute approximate surface area is 122 Å². The molecule has 2 atom stereocenters. The first kappa shape index (κ1) is 13.5. The third-order valence-corrected chi connectivity index (χ3v) is 5.43. The predicted octanol–water partition coefficient (Wildman–Crippen LogP) is 4.86. The van der Waals surface area contributed by atoms with Gasteiger partial charge in [-0.2, -0.15) is 0 Å². The molecule has 2 unspecified atom stereocenters. The molecule has 0 aromatic heterocycles. The number of ether oxygens (including phenoxy) is 1. The molecule has 0 saturated heterocycles. The second-order valence-electron chi connectivity index (χ2n) is 4.70. The number of hydrogen-bond donors (Lipinski definition) is 0. The monoisotopic (exact) mass is 364 g/mol. The van der Waals surface area contributed by atoms with Gasteiger partial charge in [-0.25, -0.2) is 0 Å². The molecule has 1 aliphatic carbocycles. The van der Waals surface area contributed by atoms with Gasteiger partial charge in [-0.05, 0) is 59.7 Å². The SMILES string of the molecule is CCC1(CC)C(Cl)CC1Oc1ccc(I)cc1. The highest BCUT2D eigenvalue weighted by atomic mass is 127. The van der Waals surface area contributed by atoms with Crippen LogP contribution >= 0.6 is 34.2 Å². The Morgan fingerprint density at radius 1 is 1.29 bits per heavy atom. The molecule has 17 heavy (non-hydrogen) atoms. The zero-order valence-electron chi connectivity index (χ0n) is 10.2. The standard InChI is InChI=1S/C14H18ClIO/c1-3-14(4-2)12(15)9-13(14)17-11-7-5-10(16)6-8-11/h5-8,12-13H,3-4,9H2,1-2H3. The Bertz CT molecular complexity index is 372. The average molecular weight is 365 g/mol. The van der Waals surface area contributed by atoms with Crippen molar-refractivity contribution in [2.45, 2.75) is 44.6 Å². The summed E-state index contributed by atoms with van der Waals surface area (Å²) in [5, 5.41) is 0.270. The lowest BCUT2D eigenvalue weighted by atomic mass is 9.62. The topological polar surface area (TPSA) is 9.23 Å². The Kier molecular flexibility index (Phi) is 4.24. The van der Waals surface area contributed by atoms with Gasteiger partial charge in [0.25, 0.3) is 0 Å². The molecule has 0 spiro atoms. The molecule has 0 bridgehead atoms. The van der Waals surface area contributed by atoms with Gasteiger partial charge in [0.2, 0.25) is 0 Å². The summed E-state index contributed by atoms with van der Waals surface area (Å²) in [6, 6.07) is 8.23. The number of halogens is 2. The Morgan fingerprint density at radius 3 is 2.35 bits per heavy atom. The van der Waals surface area contributed by atoms with Gasteiger partial charge >= 0.3 is 0 Å². The van der Waals surface area contributed by atoms with Crippen molar-refractivity contribution >= 4 is 34.2 Å². The molecular formula is C14H18ClIO. The fourth-order valence-corrected chi connectivity index (χ4v) is 3.66. The van der Waals surface area contributed by atoms with Crippen molar-refractivity contribution in [2.24, 2.45) is 5.41 Å². The van der Waals surface area contributed by atoms with E-state index in [2.05, 4.69) is 48.6 Å². The molecule has 0 aliphatic heterocycles. The lowest BCUT2D eigenvalue weighted by Crippen LogP contribution is -2.56. The average Bonchev–Trinajstić information content (AvgIpc) is 2.33. The smallest absolute Gasteiger partial charge is 0.119 e. The van der Waals surface area contributed by atoms with E-state index in [9.17, 15) is 0 Å². The van der Waals surface area contributed by atoms with E-state index in [4.69, 9.17) is 16.3 Å². The third kappa shape index (κ3) is 2.43. The molecule has 0 heterocycles. The molecular weight excluding hydrogens is 347 g/mol. The van der Waals surface area contributed by atoms with Gasteiger partial charge in [0, 0.05) is 20.8 Å². The van der Waals surface area contributed by atoms with E-state index in [0.29, 0.717) is 0 Å². The van der Waals surface area contributed by atoms with Crippen LogP contribution < -0.4 is 4.74 Å². The van der Waals surface area contributed by atoms with Gasteiger partial charge in [-0.15, -0.1) is 11.6 Å². The van der Waals surface area contributed by atoms with Gasteiger partial charge in [0.1, 0.15) is 11.9 Å². The molecule has 0 amide bonds. The van der Waals surface area contributed by atoms with E-state index in [1.165, 1.54) is 3.57 Å². The fraction of sp³-hybridized carbons (Fsp3) is 0.571. The predicted molar refractivity (Wildman–Crippen MR) is 80.8 cm³/mol. The summed E-state index contributed by atoms with van der Waals surface area (Å²) in [5.41, 5.74) is 0.171. The van der Waals surface area contributed by atoms with Crippen LogP contribution in [0.25, 0.3) is 0 Å². The van der Waals surface area contributed by atoms with Gasteiger partial charge < -0.3 is 4.74 Å². The largest absolute Gasteiger partial charge is 0.490 e. The minimum Gasteiger partial charge on any atom is -0.490 e. The van der Waals surface area contributed by atoms with Crippen molar-refractivity contribution in [3.63, 3.8) is 0 Å². The minimum absolute atomic E-state index is 0.171. The van der Waals surface area contributed by atoms with Crippen molar-refractivity contribution in [3.8, 4) is 5.75 Å². The molecule has 1 nitrogen and oxygen atoms in total. The van der Waals surface area contributed by atoms with Crippen LogP contribution in [0.4, 0.5) is 0 Å². The van der Waals surface area contributed by atoms with E-state index in [1.54, 1.807) is 0 Å². The number of benzene rings is 1. The van der Waals surface area contributed by atoms with Crippen LogP contribution in [0.3, 0.4) is 0 Å². The van der Waals surface area contributed by atoms with Crippen LogP contribution in [0, 0.1) is 8.99 Å². The van der Waals surface area contributed by atoms with Crippen molar-refractivity contribution in [3.05, 3.63) is 27.8 Å². The Morgan fingerprint density at radius 2 is 1.88 bits per heavy atom. The van der Waals surface area contributed by atoms with Crippen molar-refractivity contribution in [2.75, 3.05) is 0 Å². The summed E-state index contributed by atoms with van der Waals surface area (Å²) in [6.07, 6.45) is 3.43. The van der Waals surface area contributed by atoms with E-state index in [-0.39, 0.29) is 16.9 Å². The highest BCUT2D eigenvalue weighted by molar-refractivity contribution is 14.1. The second kappa shape index (κ2) is 5.35. The van der Waals surface area contributed by atoms with E-state index < -0.39 is 0 Å². The molecule has 0 radical (unpaired) electrons. The number of alkyl halides is 1. The zero-order chi connectivity index (χ0) is 12.5. The summed E-state index contributed by atoms with van der Waals surface area (Å²) in [7, 11) is 0. The van der Waals surface area contributed by atoms with E-state index >= 15 is 0 Å². The summed E-state index contributed by atoms with van der Waals surface area (Å²) in [4.78, 5) is 0. The molecule has 0 N–H and O–H groups in total. The molecule has 3 heteroatoms.